The Morgan fingerprint density at radius 1 is 1.27 bits per heavy atom. The molecule has 7 nitrogen and oxygen atoms in total. The molecule has 10 heteroatoms. The van der Waals surface area contributed by atoms with Gasteiger partial charge in [-0.05, 0) is 26.0 Å². The molecule has 1 aromatic carbocycles. The molecule has 2 rings (SSSR count). The summed E-state index contributed by atoms with van der Waals surface area (Å²) in [5.74, 6) is -2.29. The molecule has 1 atom stereocenters. The van der Waals surface area contributed by atoms with Crippen LogP contribution in [0.25, 0.3) is 0 Å². The molecule has 0 aliphatic carbocycles. The number of carbonyl (C=O) groups is 2. The van der Waals surface area contributed by atoms with E-state index >= 15 is 0 Å². The van der Waals surface area contributed by atoms with Crippen LogP contribution < -0.4 is 10.6 Å². The zero-order valence-corrected chi connectivity index (χ0v) is 14.1. The summed E-state index contributed by atoms with van der Waals surface area (Å²) in [6, 6.07) is 11.4. The molecular formula is C16H19F3N4O3. The first-order valence-electron chi connectivity index (χ1n) is 7.47. The lowest BCUT2D eigenvalue weighted by molar-refractivity contribution is -0.192. The normalized spacial score (nSPS) is 11.9. The first kappa shape index (κ1) is 21.2. The van der Waals surface area contributed by atoms with Gasteiger partial charge in [0, 0.05) is 11.8 Å². The molecule has 1 unspecified atom stereocenters. The number of nitrogens with one attached hydrogen (secondary N) is 3. The molecular weight excluding hydrogens is 353 g/mol. The number of benzene rings is 1. The highest BCUT2D eigenvalue weighted by molar-refractivity contribution is 5.94. The Labute approximate surface area is 147 Å². The number of aliphatic carboxylic acids is 1. The topological polar surface area (TPSA) is 107 Å². The number of carboxylic acid groups (broad SMARTS) is 1. The van der Waals surface area contributed by atoms with E-state index < -0.39 is 12.1 Å². The maximum absolute atomic E-state index is 12.1. The van der Waals surface area contributed by atoms with Gasteiger partial charge in [-0.3, -0.25) is 9.89 Å². The van der Waals surface area contributed by atoms with Gasteiger partial charge in [0.1, 0.15) is 0 Å². The largest absolute Gasteiger partial charge is 0.490 e. The van der Waals surface area contributed by atoms with Gasteiger partial charge >= 0.3 is 12.1 Å². The fourth-order valence-corrected chi connectivity index (χ4v) is 1.87. The van der Waals surface area contributed by atoms with Crippen molar-refractivity contribution >= 4 is 17.7 Å². The Bertz CT molecular complexity index is 717. The maximum Gasteiger partial charge on any atom is 0.490 e. The fourth-order valence-electron chi connectivity index (χ4n) is 1.87. The second kappa shape index (κ2) is 9.56. The first-order valence-corrected chi connectivity index (χ1v) is 7.47. The van der Waals surface area contributed by atoms with Crippen molar-refractivity contribution in [3.8, 4) is 0 Å². The van der Waals surface area contributed by atoms with Gasteiger partial charge in [-0.1, -0.05) is 30.3 Å². The fraction of sp³-hybridized carbons (Fsp3) is 0.312. The highest BCUT2D eigenvalue weighted by atomic mass is 19.4. The molecule has 142 valence electrons. The molecule has 1 amide bonds. The number of carbonyl (C=O) groups excluding carboxylic acids is 1. The van der Waals surface area contributed by atoms with Gasteiger partial charge in [0.2, 0.25) is 5.91 Å². The van der Waals surface area contributed by atoms with Crippen molar-refractivity contribution in [2.24, 2.45) is 0 Å². The molecule has 0 radical (unpaired) electrons. The van der Waals surface area contributed by atoms with Gasteiger partial charge < -0.3 is 15.7 Å². The van der Waals surface area contributed by atoms with Crippen molar-refractivity contribution in [2.45, 2.75) is 25.6 Å². The third-order valence-corrected chi connectivity index (χ3v) is 3.15. The average molecular weight is 372 g/mol. The zero-order chi connectivity index (χ0) is 19.7. The van der Waals surface area contributed by atoms with Crippen LogP contribution in [-0.2, 0) is 16.0 Å². The van der Waals surface area contributed by atoms with Crippen LogP contribution >= 0.6 is 0 Å². The summed E-state index contributed by atoms with van der Waals surface area (Å²) in [5, 5.41) is 19.7. The SMILES string of the molecule is CNC(Cc1ccccc1)C(=O)Nc1cc(C)[nH]n1.O=C(O)C(F)(F)F. The summed E-state index contributed by atoms with van der Waals surface area (Å²) in [6.07, 6.45) is -4.44. The number of amides is 1. The number of aromatic nitrogens is 2. The summed E-state index contributed by atoms with van der Waals surface area (Å²) < 4.78 is 31.7. The van der Waals surface area contributed by atoms with E-state index in [0.29, 0.717) is 12.2 Å². The quantitative estimate of drug-likeness (QED) is 0.643. The molecule has 26 heavy (non-hydrogen) atoms. The summed E-state index contributed by atoms with van der Waals surface area (Å²) in [7, 11) is 1.78. The molecule has 0 aliphatic rings. The van der Waals surface area contributed by atoms with Crippen LogP contribution in [-0.4, -0.2) is 46.4 Å². The van der Waals surface area contributed by atoms with Crippen LogP contribution in [0.2, 0.25) is 0 Å². The van der Waals surface area contributed by atoms with Gasteiger partial charge in [0.25, 0.3) is 0 Å². The molecule has 2 aromatic rings. The molecule has 0 bridgehead atoms. The van der Waals surface area contributed by atoms with E-state index in [0.717, 1.165) is 11.3 Å². The van der Waals surface area contributed by atoms with Crippen LogP contribution in [0.3, 0.4) is 0 Å². The number of nitrogens with zero attached hydrogens (tertiary/aromatic N) is 1. The van der Waals surface area contributed by atoms with Crippen LogP contribution in [0.1, 0.15) is 11.3 Å². The minimum absolute atomic E-state index is 0.0853. The van der Waals surface area contributed by atoms with Crippen molar-refractivity contribution in [3.63, 3.8) is 0 Å². The van der Waals surface area contributed by atoms with Gasteiger partial charge in [0.15, 0.2) is 5.82 Å². The second-order valence-corrected chi connectivity index (χ2v) is 5.26. The standard InChI is InChI=1S/C14H18N4O.C2HF3O2/c1-10-8-13(18-17-10)16-14(19)12(15-2)9-11-6-4-3-5-7-11;3-2(4,5)1(6)7/h3-8,12,15H,9H2,1-2H3,(H2,16,17,18,19);(H,6,7). The molecule has 0 saturated heterocycles. The third kappa shape index (κ3) is 7.34. The number of halogens is 3. The lowest BCUT2D eigenvalue weighted by Gasteiger charge is -2.15. The maximum atomic E-state index is 12.1. The minimum Gasteiger partial charge on any atom is -0.475 e. The van der Waals surface area contributed by atoms with E-state index in [4.69, 9.17) is 9.90 Å². The Morgan fingerprint density at radius 3 is 2.27 bits per heavy atom. The number of carboxylic acids is 1. The van der Waals surface area contributed by atoms with Gasteiger partial charge in [-0.25, -0.2) is 4.79 Å². The van der Waals surface area contributed by atoms with E-state index in [1.807, 2.05) is 37.3 Å². The van der Waals surface area contributed by atoms with Crippen molar-refractivity contribution in [3.05, 3.63) is 47.7 Å². The van der Waals surface area contributed by atoms with Crippen LogP contribution in [0.4, 0.5) is 19.0 Å². The van der Waals surface area contributed by atoms with Crippen LogP contribution in [0.5, 0.6) is 0 Å². The van der Waals surface area contributed by atoms with E-state index in [2.05, 4.69) is 20.8 Å². The second-order valence-electron chi connectivity index (χ2n) is 5.26. The number of H-pyrrole nitrogens is 1. The predicted molar refractivity (Wildman–Crippen MR) is 88.6 cm³/mol. The predicted octanol–water partition coefficient (Wildman–Crippen LogP) is 2.12. The van der Waals surface area contributed by atoms with Gasteiger partial charge in [-0.15, -0.1) is 0 Å². The molecule has 1 aromatic heterocycles. The van der Waals surface area contributed by atoms with E-state index in [-0.39, 0.29) is 11.9 Å². The number of rotatable bonds is 5. The molecule has 1 heterocycles. The van der Waals surface area contributed by atoms with Gasteiger partial charge in [0.05, 0.1) is 6.04 Å². The highest BCUT2D eigenvalue weighted by Gasteiger charge is 2.38. The lowest BCUT2D eigenvalue weighted by atomic mass is 10.1. The van der Waals surface area contributed by atoms with Crippen LogP contribution in [0, 0.1) is 6.92 Å². The summed E-state index contributed by atoms with van der Waals surface area (Å²) >= 11 is 0. The Hall–Kier alpha value is -2.88. The summed E-state index contributed by atoms with van der Waals surface area (Å²) in [6.45, 7) is 1.89. The molecule has 0 saturated carbocycles. The molecule has 0 fully saturated rings. The van der Waals surface area contributed by atoms with E-state index in [9.17, 15) is 18.0 Å². The Kier molecular flexibility index (Phi) is 7.78. The third-order valence-electron chi connectivity index (χ3n) is 3.15. The number of aryl methyl sites for hydroxylation is 1. The van der Waals surface area contributed by atoms with Crippen molar-refractivity contribution in [1.29, 1.82) is 0 Å². The average Bonchev–Trinajstić information content (AvgIpc) is 2.98. The van der Waals surface area contributed by atoms with E-state index in [1.165, 1.54) is 0 Å². The number of anilines is 1. The lowest BCUT2D eigenvalue weighted by Crippen LogP contribution is -2.40. The first-order chi connectivity index (χ1) is 12.1. The molecule has 4 N–H and O–H groups in total. The molecule has 0 spiro atoms. The summed E-state index contributed by atoms with van der Waals surface area (Å²) in [4.78, 5) is 21.0. The van der Waals surface area contributed by atoms with E-state index in [1.54, 1.807) is 13.1 Å². The monoisotopic (exact) mass is 372 g/mol. The number of hydrogen-bond donors (Lipinski definition) is 4. The number of aromatic amines is 1. The summed E-state index contributed by atoms with van der Waals surface area (Å²) in [5.41, 5.74) is 2.04. The minimum atomic E-state index is -5.08. The Balaban J connectivity index is 0.000000412. The highest BCUT2D eigenvalue weighted by Crippen LogP contribution is 2.13. The van der Waals surface area contributed by atoms with Crippen molar-refractivity contribution in [1.82, 2.24) is 15.5 Å². The van der Waals surface area contributed by atoms with Gasteiger partial charge in [-0.2, -0.15) is 18.3 Å². The van der Waals surface area contributed by atoms with Crippen molar-refractivity contribution in [2.75, 3.05) is 12.4 Å². The Morgan fingerprint density at radius 2 is 1.85 bits per heavy atom. The van der Waals surface area contributed by atoms with Crippen LogP contribution in [0.15, 0.2) is 36.4 Å². The van der Waals surface area contributed by atoms with Crippen molar-refractivity contribution < 1.29 is 27.9 Å². The number of likely N-dealkylation sites (N-methyl/N-ethyl adjacent to an activating group) is 1. The zero-order valence-electron chi connectivity index (χ0n) is 14.1. The smallest absolute Gasteiger partial charge is 0.475 e. The number of hydrogen-bond acceptors (Lipinski definition) is 4. The molecule has 0 aliphatic heterocycles. The number of alkyl halides is 3.